The van der Waals surface area contributed by atoms with Crippen molar-refractivity contribution in [3.05, 3.63) is 41.6 Å². The first-order valence-electron chi connectivity index (χ1n) is 8.13. The summed E-state index contributed by atoms with van der Waals surface area (Å²) in [6, 6.07) is 11.8. The number of halogens is 1. The molecule has 1 saturated carbocycles. The van der Waals surface area contributed by atoms with Crippen LogP contribution in [0.15, 0.2) is 36.4 Å². The highest BCUT2D eigenvalue weighted by atomic mass is 35.5. The molecule has 0 radical (unpaired) electrons. The molecule has 3 N–H and O–H groups in total. The van der Waals surface area contributed by atoms with Gasteiger partial charge in [0.1, 0.15) is 0 Å². The molecule has 0 bridgehead atoms. The summed E-state index contributed by atoms with van der Waals surface area (Å²) in [5.41, 5.74) is 1.87. The van der Waals surface area contributed by atoms with E-state index in [-0.39, 0.29) is 0 Å². The fraction of sp³-hybridized carbons (Fsp3) is 0.353. The zero-order chi connectivity index (χ0) is 16.8. The van der Waals surface area contributed by atoms with Crippen LogP contribution in [0.1, 0.15) is 32.1 Å². The van der Waals surface area contributed by atoms with Gasteiger partial charge in [-0.3, -0.25) is 0 Å². The second-order valence-corrected chi connectivity index (χ2v) is 6.67. The molecule has 0 saturated heterocycles. The largest absolute Gasteiger partial charge is 0.360 e. The molecule has 1 aliphatic carbocycles. The van der Waals surface area contributed by atoms with Crippen LogP contribution in [0.2, 0.25) is 5.15 Å². The van der Waals surface area contributed by atoms with Crippen molar-refractivity contribution in [2.24, 2.45) is 0 Å². The third-order valence-corrected chi connectivity index (χ3v) is 4.41. The summed E-state index contributed by atoms with van der Waals surface area (Å²) in [5, 5.41) is 18.6. The van der Waals surface area contributed by atoms with Crippen molar-refractivity contribution in [1.29, 1.82) is 0 Å². The summed E-state index contributed by atoms with van der Waals surface area (Å²) in [5.74, 6) is 0.648. The first-order chi connectivity index (χ1) is 11.7. The fourth-order valence-corrected chi connectivity index (χ4v) is 3.15. The lowest BCUT2D eigenvalue weighted by Crippen LogP contribution is -2.38. The molecule has 0 spiro atoms. The number of aromatic nitrogens is 2. The van der Waals surface area contributed by atoms with E-state index >= 15 is 0 Å². The van der Waals surface area contributed by atoms with Gasteiger partial charge in [-0.25, -0.2) is 0 Å². The first kappa shape index (κ1) is 16.9. The van der Waals surface area contributed by atoms with E-state index in [1.54, 1.807) is 12.1 Å². The van der Waals surface area contributed by atoms with Crippen molar-refractivity contribution in [2.45, 2.75) is 38.1 Å². The minimum atomic E-state index is 0.374. The summed E-state index contributed by atoms with van der Waals surface area (Å²) in [6.07, 6.45) is 6.31. The highest BCUT2D eigenvalue weighted by Crippen LogP contribution is 2.19. The van der Waals surface area contributed by atoms with E-state index in [1.807, 2.05) is 24.3 Å². The third kappa shape index (κ3) is 5.04. The van der Waals surface area contributed by atoms with Crippen molar-refractivity contribution >= 4 is 46.1 Å². The number of hydrogen-bond acceptors (Lipinski definition) is 4. The van der Waals surface area contributed by atoms with Gasteiger partial charge in [-0.05, 0) is 61.5 Å². The molecule has 0 aliphatic heterocycles. The minimum Gasteiger partial charge on any atom is -0.360 e. The molecule has 7 heteroatoms. The van der Waals surface area contributed by atoms with Crippen LogP contribution in [0.5, 0.6) is 0 Å². The Morgan fingerprint density at radius 1 is 0.958 bits per heavy atom. The molecule has 5 nitrogen and oxygen atoms in total. The van der Waals surface area contributed by atoms with E-state index < -0.39 is 0 Å². The molecule has 0 amide bonds. The number of nitrogens with zero attached hydrogens (tertiary/aromatic N) is 2. The van der Waals surface area contributed by atoms with Gasteiger partial charge in [-0.2, -0.15) is 0 Å². The van der Waals surface area contributed by atoms with Gasteiger partial charge in [0, 0.05) is 17.4 Å². The summed E-state index contributed by atoms with van der Waals surface area (Å²) in [7, 11) is 0. The van der Waals surface area contributed by atoms with E-state index in [1.165, 1.54) is 32.1 Å². The Bertz CT molecular complexity index is 668. The smallest absolute Gasteiger partial charge is 0.170 e. The molecular formula is C17H20ClN5S. The summed E-state index contributed by atoms with van der Waals surface area (Å²) < 4.78 is 0. The Morgan fingerprint density at radius 2 is 1.67 bits per heavy atom. The molecule has 2 aromatic rings. The van der Waals surface area contributed by atoms with Crippen LogP contribution < -0.4 is 16.0 Å². The predicted molar refractivity (Wildman–Crippen MR) is 103 cm³/mol. The lowest BCUT2D eigenvalue weighted by molar-refractivity contribution is 0.415. The van der Waals surface area contributed by atoms with Crippen LogP contribution in [0.3, 0.4) is 0 Å². The van der Waals surface area contributed by atoms with Crippen molar-refractivity contribution in [3.63, 3.8) is 0 Å². The van der Waals surface area contributed by atoms with Crippen LogP contribution in [-0.2, 0) is 0 Å². The van der Waals surface area contributed by atoms with Crippen molar-refractivity contribution in [2.75, 3.05) is 10.6 Å². The Hall–Kier alpha value is -1.92. The molecule has 0 atom stereocenters. The quantitative estimate of drug-likeness (QED) is 0.697. The summed E-state index contributed by atoms with van der Waals surface area (Å²) in [6.45, 7) is 0. The Morgan fingerprint density at radius 3 is 2.33 bits per heavy atom. The van der Waals surface area contributed by atoms with Crippen LogP contribution in [-0.4, -0.2) is 21.4 Å². The standard InChI is InChI=1S/C17H20ClN5S/c18-15-10-11-16(23-22-15)19-13-6-8-14(9-7-13)21-17(24)20-12-4-2-1-3-5-12/h6-12H,1-5H2,(H,19,23)(H2,20,21,24). The van der Waals surface area contributed by atoms with Gasteiger partial charge >= 0.3 is 0 Å². The van der Waals surface area contributed by atoms with Crippen molar-refractivity contribution in [3.8, 4) is 0 Å². The van der Waals surface area contributed by atoms with Gasteiger partial charge in [-0.15, -0.1) is 10.2 Å². The monoisotopic (exact) mass is 361 g/mol. The number of hydrogen-bond donors (Lipinski definition) is 3. The van der Waals surface area contributed by atoms with Gasteiger partial charge < -0.3 is 16.0 Å². The predicted octanol–water partition coefficient (Wildman–Crippen LogP) is 4.49. The average Bonchev–Trinajstić information content (AvgIpc) is 2.59. The van der Waals surface area contributed by atoms with E-state index in [0.29, 0.717) is 22.1 Å². The molecule has 1 heterocycles. The molecular weight excluding hydrogens is 342 g/mol. The van der Waals surface area contributed by atoms with Gasteiger partial charge in [-0.1, -0.05) is 30.9 Å². The molecule has 24 heavy (non-hydrogen) atoms. The maximum Gasteiger partial charge on any atom is 0.170 e. The van der Waals surface area contributed by atoms with Gasteiger partial charge in [0.15, 0.2) is 16.1 Å². The van der Waals surface area contributed by atoms with E-state index in [2.05, 4.69) is 26.1 Å². The Balaban J connectivity index is 1.52. The van der Waals surface area contributed by atoms with E-state index in [0.717, 1.165) is 11.4 Å². The zero-order valence-corrected chi connectivity index (χ0v) is 14.8. The number of nitrogens with one attached hydrogen (secondary N) is 3. The first-order valence-corrected chi connectivity index (χ1v) is 8.91. The number of anilines is 3. The van der Waals surface area contributed by atoms with Gasteiger partial charge in [0.2, 0.25) is 0 Å². The molecule has 0 unspecified atom stereocenters. The minimum absolute atomic E-state index is 0.374. The van der Waals surface area contributed by atoms with Gasteiger partial charge in [0.05, 0.1) is 0 Å². The SMILES string of the molecule is S=C(Nc1ccc(Nc2ccc(Cl)nn2)cc1)NC1CCCCC1. The molecule has 3 rings (SSSR count). The molecule has 1 fully saturated rings. The van der Waals surface area contributed by atoms with Crippen molar-refractivity contribution in [1.82, 2.24) is 15.5 Å². The fourth-order valence-electron chi connectivity index (χ4n) is 2.77. The normalized spacial score (nSPS) is 14.9. The highest BCUT2D eigenvalue weighted by Gasteiger charge is 2.13. The average molecular weight is 362 g/mol. The van der Waals surface area contributed by atoms with Crippen LogP contribution in [0.4, 0.5) is 17.2 Å². The number of benzene rings is 1. The topological polar surface area (TPSA) is 61.9 Å². The lowest BCUT2D eigenvalue weighted by atomic mass is 9.96. The van der Waals surface area contributed by atoms with E-state index in [4.69, 9.17) is 23.8 Å². The molecule has 1 aromatic carbocycles. The van der Waals surface area contributed by atoms with Crippen LogP contribution in [0.25, 0.3) is 0 Å². The zero-order valence-electron chi connectivity index (χ0n) is 13.3. The Labute approximate surface area is 152 Å². The summed E-state index contributed by atoms with van der Waals surface area (Å²) in [4.78, 5) is 0. The van der Waals surface area contributed by atoms with Crippen molar-refractivity contribution < 1.29 is 0 Å². The molecule has 1 aliphatic rings. The second kappa shape index (κ2) is 8.26. The third-order valence-electron chi connectivity index (χ3n) is 3.99. The lowest BCUT2D eigenvalue weighted by Gasteiger charge is -2.24. The highest BCUT2D eigenvalue weighted by molar-refractivity contribution is 7.80. The maximum absolute atomic E-state index is 5.73. The molecule has 1 aromatic heterocycles. The van der Waals surface area contributed by atoms with Gasteiger partial charge in [0.25, 0.3) is 0 Å². The number of thiocarbonyl (C=S) groups is 1. The second-order valence-electron chi connectivity index (χ2n) is 5.88. The summed E-state index contributed by atoms with van der Waals surface area (Å²) >= 11 is 11.1. The van der Waals surface area contributed by atoms with Crippen LogP contribution >= 0.6 is 23.8 Å². The molecule has 126 valence electrons. The van der Waals surface area contributed by atoms with E-state index in [9.17, 15) is 0 Å². The number of rotatable bonds is 4. The maximum atomic E-state index is 5.73. The van der Waals surface area contributed by atoms with Crippen LogP contribution in [0, 0.1) is 0 Å². The Kier molecular flexibility index (Phi) is 5.82.